The lowest BCUT2D eigenvalue weighted by Gasteiger charge is -2.10. The minimum atomic E-state index is -0.199. The second-order valence-corrected chi connectivity index (χ2v) is 4.12. The van der Waals surface area contributed by atoms with E-state index in [9.17, 15) is 4.79 Å². The zero-order chi connectivity index (χ0) is 13.7. The Kier molecular flexibility index (Phi) is 4.12. The number of pyridine rings is 1. The molecule has 2 aromatic heterocycles. The molecule has 0 fully saturated rings. The second-order valence-electron chi connectivity index (χ2n) is 4.12. The molecule has 100 valence electrons. The summed E-state index contributed by atoms with van der Waals surface area (Å²) >= 11 is 0. The molecule has 1 amide bonds. The highest BCUT2D eigenvalue weighted by molar-refractivity contribution is 6.07. The van der Waals surface area contributed by atoms with Crippen molar-refractivity contribution in [2.75, 3.05) is 17.2 Å². The van der Waals surface area contributed by atoms with Gasteiger partial charge in [0.25, 0.3) is 5.91 Å². The molecule has 0 aromatic carbocycles. The number of rotatable bonds is 5. The number of nitrogens with one attached hydrogen (secondary N) is 2. The van der Waals surface area contributed by atoms with Crippen LogP contribution < -0.4 is 10.6 Å². The smallest absolute Gasteiger partial charge is 0.260 e. The third-order valence-electron chi connectivity index (χ3n) is 2.66. The Balaban J connectivity index is 2.17. The van der Waals surface area contributed by atoms with E-state index in [1.54, 1.807) is 42.3 Å². The minimum Gasteiger partial charge on any atom is -0.369 e. The van der Waals surface area contributed by atoms with Gasteiger partial charge in [0.05, 0.1) is 11.8 Å². The molecule has 0 spiro atoms. The summed E-state index contributed by atoms with van der Waals surface area (Å²) in [5.74, 6) is 1.05. The molecule has 6 heteroatoms. The molecule has 0 saturated carbocycles. The summed E-state index contributed by atoms with van der Waals surface area (Å²) < 4.78 is 1.60. The quantitative estimate of drug-likeness (QED) is 0.860. The molecule has 0 radical (unpaired) electrons. The van der Waals surface area contributed by atoms with Gasteiger partial charge in [0.1, 0.15) is 11.6 Å². The first-order valence-electron chi connectivity index (χ1n) is 6.20. The van der Waals surface area contributed by atoms with Crippen LogP contribution in [0.2, 0.25) is 0 Å². The van der Waals surface area contributed by atoms with Crippen LogP contribution in [0.4, 0.5) is 11.6 Å². The van der Waals surface area contributed by atoms with E-state index < -0.39 is 0 Å². The molecule has 2 N–H and O–H groups in total. The average molecular weight is 259 g/mol. The van der Waals surface area contributed by atoms with Gasteiger partial charge in [-0.15, -0.1) is 0 Å². The van der Waals surface area contributed by atoms with E-state index in [-0.39, 0.29) is 5.91 Å². The number of amides is 1. The molecule has 0 saturated heterocycles. The summed E-state index contributed by atoms with van der Waals surface area (Å²) in [6.07, 6.45) is 4.27. The van der Waals surface area contributed by atoms with Crippen LogP contribution in [-0.4, -0.2) is 27.2 Å². The first kappa shape index (κ1) is 13.1. The van der Waals surface area contributed by atoms with Crippen LogP contribution in [0.5, 0.6) is 0 Å². The van der Waals surface area contributed by atoms with Gasteiger partial charge in [-0.2, -0.15) is 5.10 Å². The van der Waals surface area contributed by atoms with Gasteiger partial charge in [0, 0.05) is 25.9 Å². The number of aromatic nitrogens is 3. The fraction of sp³-hybridized carbons (Fsp3) is 0.308. The normalized spacial score (nSPS) is 10.2. The highest BCUT2D eigenvalue weighted by atomic mass is 16.1. The van der Waals surface area contributed by atoms with Gasteiger partial charge in [-0.05, 0) is 18.6 Å². The maximum absolute atomic E-state index is 12.2. The van der Waals surface area contributed by atoms with Crippen LogP contribution in [0.15, 0.2) is 30.6 Å². The summed E-state index contributed by atoms with van der Waals surface area (Å²) in [5.41, 5.74) is 0.525. The van der Waals surface area contributed by atoms with Gasteiger partial charge < -0.3 is 10.6 Å². The second kappa shape index (κ2) is 5.99. The van der Waals surface area contributed by atoms with Crippen molar-refractivity contribution in [1.82, 2.24) is 14.8 Å². The predicted octanol–water partition coefficient (Wildman–Crippen LogP) is 1.89. The standard InChI is InChI=1S/C13H17N5O/c1-3-7-14-12-10(5-4-8-15-12)13(19)17-11-6-9-16-18(11)2/h4-6,8-9H,3,7H2,1-2H3,(H,14,15)(H,17,19). The Bertz CT molecular complexity index is 564. The molecule has 0 bridgehead atoms. The first-order valence-corrected chi connectivity index (χ1v) is 6.20. The highest BCUT2D eigenvalue weighted by Gasteiger charge is 2.13. The van der Waals surface area contributed by atoms with Gasteiger partial charge in [0.2, 0.25) is 0 Å². The number of anilines is 2. The third kappa shape index (κ3) is 3.09. The summed E-state index contributed by atoms with van der Waals surface area (Å²) in [7, 11) is 1.77. The van der Waals surface area contributed by atoms with Crippen LogP contribution in [0.1, 0.15) is 23.7 Å². The maximum atomic E-state index is 12.2. The van der Waals surface area contributed by atoms with Crippen LogP contribution in [-0.2, 0) is 7.05 Å². The molecule has 2 aromatic rings. The lowest BCUT2D eigenvalue weighted by molar-refractivity contribution is 0.102. The molecular formula is C13H17N5O. The van der Waals surface area contributed by atoms with Crippen LogP contribution in [0, 0.1) is 0 Å². The van der Waals surface area contributed by atoms with Gasteiger partial charge in [-0.1, -0.05) is 6.92 Å². The third-order valence-corrected chi connectivity index (χ3v) is 2.66. The van der Waals surface area contributed by atoms with Crippen molar-refractivity contribution in [3.05, 3.63) is 36.2 Å². The Hall–Kier alpha value is -2.37. The minimum absolute atomic E-state index is 0.199. The molecule has 6 nitrogen and oxygen atoms in total. The van der Waals surface area contributed by atoms with Crippen molar-refractivity contribution in [2.45, 2.75) is 13.3 Å². The largest absolute Gasteiger partial charge is 0.369 e. The van der Waals surface area contributed by atoms with E-state index in [2.05, 4.69) is 27.6 Å². The molecule has 19 heavy (non-hydrogen) atoms. The van der Waals surface area contributed by atoms with E-state index in [1.807, 2.05) is 0 Å². The van der Waals surface area contributed by atoms with Crippen molar-refractivity contribution >= 4 is 17.5 Å². The average Bonchev–Trinajstić information content (AvgIpc) is 2.82. The number of hydrogen-bond donors (Lipinski definition) is 2. The Labute approximate surface area is 111 Å². The molecule has 2 heterocycles. The summed E-state index contributed by atoms with van der Waals surface area (Å²) in [5, 5.41) is 9.95. The van der Waals surface area contributed by atoms with Crippen molar-refractivity contribution in [3.8, 4) is 0 Å². The van der Waals surface area contributed by atoms with E-state index in [1.165, 1.54) is 0 Å². The van der Waals surface area contributed by atoms with E-state index in [0.29, 0.717) is 17.2 Å². The van der Waals surface area contributed by atoms with Crippen LogP contribution in [0.25, 0.3) is 0 Å². The lowest BCUT2D eigenvalue weighted by atomic mass is 10.2. The summed E-state index contributed by atoms with van der Waals surface area (Å²) in [6, 6.07) is 5.24. The number of aryl methyl sites for hydroxylation is 1. The Morgan fingerprint density at radius 3 is 2.89 bits per heavy atom. The molecule has 0 unspecified atom stereocenters. The Morgan fingerprint density at radius 1 is 1.37 bits per heavy atom. The van der Waals surface area contributed by atoms with Crippen molar-refractivity contribution in [3.63, 3.8) is 0 Å². The van der Waals surface area contributed by atoms with Crippen molar-refractivity contribution < 1.29 is 4.79 Å². The zero-order valence-corrected chi connectivity index (χ0v) is 11.1. The van der Waals surface area contributed by atoms with E-state index >= 15 is 0 Å². The number of nitrogens with zero attached hydrogens (tertiary/aromatic N) is 3. The molecule has 0 aliphatic carbocycles. The summed E-state index contributed by atoms with van der Waals surface area (Å²) in [6.45, 7) is 2.84. The highest BCUT2D eigenvalue weighted by Crippen LogP contribution is 2.14. The first-order chi connectivity index (χ1) is 9.22. The molecule has 2 rings (SSSR count). The number of carbonyl (C=O) groups excluding carboxylic acids is 1. The van der Waals surface area contributed by atoms with Gasteiger partial charge in [0.15, 0.2) is 0 Å². The number of hydrogen-bond acceptors (Lipinski definition) is 4. The zero-order valence-electron chi connectivity index (χ0n) is 11.1. The number of carbonyl (C=O) groups is 1. The van der Waals surface area contributed by atoms with Crippen molar-refractivity contribution in [2.24, 2.45) is 7.05 Å². The van der Waals surface area contributed by atoms with Gasteiger partial charge >= 0.3 is 0 Å². The Morgan fingerprint density at radius 2 is 2.21 bits per heavy atom. The predicted molar refractivity (Wildman–Crippen MR) is 74.2 cm³/mol. The fourth-order valence-corrected chi connectivity index (χ4v) is 1.65. The van der Waals surface area contributed by atoms with Crippen LogP contribution >= 0.6 is 0 Å². The van der Waals surface area contributed by atoms with Crippen LogP contribution in [0.3, 0.4) is 0 Å². The molecule has 0 atom stereocenters. The molecule has 0 aliphatic heterocycles. The van der Waals surface area contributed by atoms with E-state index in [0.717, 1.165) is 13.0 Å². The lowest BCUT2D eigenvalue weighted by Crippen LogP contribution is -2.17. The van der Waals surface area contributed by atoms with Gasteiger partial charge in [-0.25, -0.2) is 4.98 Å². The van der Waals surface area contributed by atoms with E-state index in [4.69, 9.17) is 0 Å². The molecular weight excluding hydrogens is 242 g/mol. The summed E-state index contributed by atoms with van der Waals surface area (Å²) in [4.78, 5) is 16.4. The SMILES string of the molecule is CCCNc1ncccc1C(=O)Nc1ccnn1C. The van der Waals surface area contributed by atoms with Crippen molar-refractivity contribution in [1.29, 1.82) is 0 Å². The maximum Gasteiger partial charge on any atom is 0.260 e. The monoisotopic (exact) mass is 259 g/mol. The fourth-order valence-electron chi connectivity index (χ4n) is 1.65. The van der Waals surface area contributed by atoms with Gasteiger partial charge in [-0.3, -0.25) is 9.48 Å². The molecule has 0 aliphatic rings. The topological polar surface area (TPSA) is 71.8 Å².